The van der Waals surface area contributed by atoms with Gasteiger partial charge < -0.3 is 10.1 Å². The summed E-state index contributed by atoms with van der Waals surface area (Å²) in [7, 11) is 1.79. The minimum absolute atomic E-state index is 0.309. The Morgan fingerprint density at radius 3 is 2.58 bits per heavy atom. The van der Waals surface area contributed by atoms with Crippen LogP contribution in [0.4, 0.5) is 0 Å². The van der Waals surface area contributed by atoms with Gasteiger partial charge >= 0.3 is 0 Å². The Hall–Kier alpha value is -1.02. The molecular weight excluding hydrogens is 234 g/mol. The number of benzene rings is 1. The smallest absolute Gasteiger partial charge is 0.122 e. The van der Waals surface area contributed by atoms with Gasteiger partial charge in [-0.05, 0) is 50.6 Å². The standard InChI is InChI=1S/C17H25NO/c1-4-18-12-17(10-16(11-17)7-8-16)14-9-13(2)5-6-15(14)19-3/h5-6,9,18H,4,7-8,10-12H2,1-3H3. The number of ether oxygens (including phenoxy) is 1. The molecule has 2 aliphatic rings. The molecule has 0 radical (unpaired) electrons. The number of methoxy groups -OCH3 is 1. The lowest BCUT2D eigenvalue weighted by molar-refractivity contribution is 0.113. The van der Waals surface area contributed by atoms with E-state index in [-0.39, 0.29) is 0 Å². The zero-order valence-corrected chi connectivity index (χ0v) is 12.4. The maximum atomic E-state index is 5.62. The van der Waals surface area contributed by atoms with Gasteiger partial charge in [-0.25, -0.2) is 0 Å². The highest BCUT2D eigenvalue weighted by molar-refractivity contribution is 5.46. The second-order valence-corrected chi connectivity index (χ2v) is 6.62. The zero-order valence-electron chi connectivity index (χ0n) is 12.4. The van der Waals surface area contributed by atoms with E-state index in [9.17, 15) is 0 Å². The highest BCUT2D eigenvalue weighted by atomic mass is 16.5. The van der Waals surface area contributed by atoms with Crippen molar-refractivity contribution in [3.8, 4) is 5.75 Å². The van der Waals surface area contributed by atoms with Crippen LogP contribution in [-0.2, 0) is 5.41 Å². The van der Waals surface area contributed by atoms with E-state index in [1.54, 1.807) is 7.11 Å². The van der Waals surface area contributed by atoms with Gasteiger partial charge in [0.1, 0.15) is 5.75 Å². The fourth-order valence-electron chi connectivity index (χ4n) is 3.93. The van der Waals surface area contributed by atoms with Gasteiger partial charge in [-0.3, -0.25) is 0 Å². The van der Waals surface area contributed by atoms with Crippen molar-refractivity contribution < 1.29 is 4.74 Å². The van der Waals surface area contributed by atoms with Crippen molar-refractivity contribution >= 4 is 0 Å². The molecule has 2 fully saturated rings. The van der Waals surface area contributed by atoms with E-state index < -0.39 is 0 Å². The van der Waals surface area contributed by atoms with E-state index in [2.05, 4.69) is 37.4 Å². The minimum Gasteiger partial charge on any atom is -0.496 e. The normalized spacial score (nSPS) is 22.1. The Labute approximate surface area is 116 Å². The van der Waals surface area contributed by atoms with E-state index >= 15 is 0 Å². The van der Waals surface area contributed by atoms with Gasteiger partial charge in [-0.2, -0.15) is 0 Å². The average molecular weight is 259 g/mol. The SMILES string of the molecule is CCNCC1(c2cc(C)ccc2OC)CC2(CC2)C1. The summed E-state index contributed by atoms with van der Waals surface area (Å²) in [4.78, 5) is 0. The molecule has 19 heavy (non-hydrogen) atoms. The van der Waals surface area contributed by atoms with Gasteiger partial charge in [0.15, 0.2) is 0 Å². The Bertz CT molecular complexity index is 468. The molecule has 0 aromatic heterocycles. The molecule has 1 aromatic rings. The Morgan fingerprint density at radius 1 is 1.26 bits per heavy atom. The summed E-state index contributed by atoms with van der Waals surface area (Å²) in [5, 5.41) is 3.57. The van der Waals surface area contributed by atoms with Gasteiger partial charge in [0, 0.05) is 17.5 Å². The number of hydrogen-bond donors (Lipinski definition) is 1. The molecule has 0 atom stereocenters. The first-order valence-electron chi connectivity index (χ1n) is 7.49. The molecule has 0 bridgehead atoms. The molecule has 0 heterocycles. The Morgan fingerprint density at radius 2 is 2.00 bits per heavy atom. The third-order valence-corrected chi connectivity index (χ3v) is 5.02. The molecule has 3 rings (SSSR count). The van der Waals surface area contributed by atoms with Crippen molar-refractivity contribution in [3.63, 3.8) is 0 Å². The molecule has 2 nitrogen and oxygen atoms in total. The van der Waals surface area contributed by atoms with E-state index in [0.717, 1.165) is 18.8 Å². The first-order valence-corrected chi connectivity index (χ1v) is 7.49. The Kier molecular flexibility index (Phi) is 3.09. The maximum absolute atomic E-state index is 5.62. The summed E-state index contributed by atoms with van der Waals surface area (Å²) in [5.74, 6) is 1.07. The lowest BCUT2D eigenvalue weighted by Gasteiger charge is -2.50. The maximum Gasteiger partial charge on any atom is 0.122 e. The topological polar surface area (TPSA) is 21.3 Å². The van der Waals surface area contributed by atoms with Crippen LogP contribution < -0.4 is 10.1 Å². The molecule has 1 spiro atoms. The third-order valence-electron chi connectivity index (χ3n) is 5.02. The van der Waals surface area contributed by atoms with Crippen LogP contribution in [-0.4, -0.2) is 20.2 Å². The van der Waals surface area contributed by atoms with Crippen molar-refractivity contribution in [1.82, 2.24) is 5.32 Å². The monoisotopic (exact) mass is 259 g/mol. The molecule has 0 aliphatic heterocycles. The minimum atomic E-state index is 0.309. The molecule has 1 N–H and O–H groups in total. The van der Waals surface area contributed by atoms with E-state index in [0.29, 0.717) is 10.8 Å². The van der Waals surface area contributed by atoms with Crippen LogP contribution in [0.1, 0.15) is 43.7 Å². The van der Waals surface area contributed by atoms with E-state index in [4.69, 9.17) is 4.74 Å². The predicted molar refractivity (Wildman–Crippen MR) is 78.9 cm³/mol. The molecule has 0 saturated heterocycles. The van der Waals surface area contributed by atoms with Crippen molar-refractivity contribution in [1.29, 1.82) is 0 Å². The molecule has 2 aliphatic carbocycles. The molecule has 1 aromatic carbocycles. The quantitative estimate of drug-likeness (QED) is 0.875. The molecule has 0 unspecified atom stereocenters. The predicted octanol–water partition coefficient (Wildman–Crippen LogP) is 3.42. The molecule has 2 heteroatoms. The molecule has 2 saturated carbocycles. The summed E-state index contributed by atoms with van der Waals surface area (Å²) < 4.78 is 5.62. The lowest BCUT2D eigenvalue weighted by atomic mass is 9.56. The fourth-order valence-corrected chi connectivity index (χ4v) is 3.93. The lowest BCUT2D eigenvalue weighted by Crippen LogP contribution is -2.49. The molecular formula is C17H25NO. The fraction of sp³-hybridized carbons (Fsp3) is 0.647. The van der Waals surface area contributed by atoms with Crippen molar-refractivity contribution in [2.45, 2.75) is 44.9 Å². The third kappa shape index (κ3) is 2.16. The first-order chi connectivity index (χ1) is 9.13. The van der Waals surface area contributed by atoms with Crippen LogP contribution in [0, 0.1) is 12.3 Å². The summed E-state index contributed by atoms with van der Waals surface area (Å²) in [6, 6.07) is 6.62. The zero-order chi connectivity index (χ0) is 13.5. The van der Waals surface area contributed by atoms with Gasteiger partial charge in [0.25, 0.3) is 0 Å². The van der Waals surface area contributed by atoms with Crippen LogP contribution in [0.2, 0.25) is 0 Å². The second kappa shape index (κ2) is 4.52. The molecule has 0 amide bonds. The second-order valence-electron chi connectivity index (χ2n) is 6.62. The van der Waals surface area contributed by atoms with Gasteiger partial charge in [-0.15, -0.1) is 0 Å². The van der Waals surface area contributed by atoms with Crippen LogP contribution in [0.3, 0.4) is 0 Å². The number of rotatable bonds is 5. The largest absolute Gasteiger partial charge is 0.496 e. The highest BCUT2D eigenvalue weighted by Crippen LogP contribution is 2.69. The number of aryl methyl sites for hydroxylation is 1. The van der Waals surface area contributed by atoms with E-state index in [1.807, 2.05) is 0 Å². The first kappa shape index (κ1) is 13.0. The number of hydrogen-bond acceptors (Lipinski definition) is 2. The van der Waals surface area contributed by atoms with E-state index in [1.165, 1.54) is 36.8 Å². The van der Waals surface area contributed by atoms with Crippen LogP contribution >= 0.6 is 0 Å². The highest BCUT2D eigenvalue weighted by Gasteiger charge is 2.61. The van der Waals surface area contributed by atoms with Gasteiger partial charge in [0.05, 0.1) is 7.11 Å². The van der Waals surface area contributed by atoms with Crippen molar-refractivity contribution in [2.75, 3.05) is 20.2 Å². The van der Waals surface area contributed by atoms with Crippen molar-refractivity contribution in [2.24, 2.45) is 5.41 Å². The summed E-state index contributed by atoms with van der Waals surface area (Å²) >= 11 is 0. The van der Waals surface area contributed by atoms with Gasteiger partial charge in [0.2, 0.25) is 0 Å². The van der Waals surface area contributed by atoms with Crippen LogP contribution in [0.25, 0.3) is 0 Å². The number of likely N-dealkylation sites (N-methyl/N-ethyl adjacent to an activating group) is 1. The summed E-state index contributed by atoms with van der Waals surface area (Å²) in [6.45, 7) is 6.50. The number of nitrogens with one attached hydrogen (secondary N) is 1. The summed E-state index contributed by atoms with van der Waals surface area (Å²) in [5.41, 5.74) is 3.77. The molecule has 104 valence electrons. The van der Waals surface area contributed by atoms with Gasteiger partial charge in [-0.1, -0.05) is 24.6 Å². The average Bonchev–Trinajstić information content (AvgIpc) is 3.15. The van der Waals surface area contributed by atoms with Crippen molar-refractivity contribution in [3.05, 3.63) is 29.3 Å². The Balaban J connectivity index is 1.93. The summed E-state index contributed by atoms with van der Waals surface area (Å²) in [6.07, 6.45) is 5.56. The van der Waals surface area contributed by atoms with Crippen LogP contribution in [0.5, 0.6) is 5.75 Å². The van der Waals surface area contributed by atoms with Crippen LogP contribution in [0.15, 0.2) is 18.2 Å².